The van der Waals surface area contributed by atoms with Crippen LogP contribution in [-0.4, -0.2) is 26.0 Å². The van der Waals surface area contributed by atoms with Gasteiger partial charge in [0.05, 0.1) is 13.2 Å². The van der Waals surface area contributed by atoms with Crippen LogP contribution in [0, 0.1) is 0 Å². The Morgan fingerprint density at radius 3 is 2.21 bits per heavy atom. The van der Waals surface area contributed by atoms with Gasteiger partial charge in [-0.15, -0.1) is 13.2 Å². The number of hydrogen-bond donors (Lipinski definition) is 1. The Balaban J connectivity index is 2.09. The topological polar surface area (TPSA) is 56.8 Å². The second-order valence-electron chi connectivity index (χ2n) is 5.56. The molecule has 0 radical (unpaired) electrons. The Bertz CT molecular complexity index is 809. The van der Waals surface area contributed by atoms with Crippen molar-refractivity contribution in [2.24, 2.45) is 0 Å². The summed E-state index contributed by atoms with van der Waals surface area (Å²) in [5.41, 5.74) is 0.556. The van der Waals surface area contributed by atoms with Gasteiger partial charge < -0.3 is 19.5 Å². The summed E-state index contributed by atoms with van der Waals surface area (Å²) in [6, 6.07) is 8.17. The van der Waals surface area contributed by atoms with Gasteiger partial charge in [-0.25, -0.2) is 0 Å². The van der Waals surface area contributed by atoms with E-state index in [4.69, 9.17) is 4.74 Å². The normalized spacial score (nSPS) is 12.4. The van der Waals surface area contributed by atoms with Crippen molar-refractivity contribution in [3.63, 3.8) is 0 Å². The predicted molar refractivity (Wildman–Crippen MR) is 88.6 cm³/mol. The van der Waals surface area contributed by atoms with Gasteiger partial charge >= 0.3 is 13.0 Å². The van der Waals surface area contributed by atoms with E-state index < -0.39 is 30.7 Å². The van der Waals surface area contributed by atoms with Gasteiger partial charge in [0.2, 0.25) is 0 Å². The summed E-state index contributed by atoms with van der Waals surface area (Å²) in [5, 5.41) is 2.61. The van der Waals surface area contributed by atoms with Crippen LogP contribution in [-0.2, 0) is 0 Å². The molecule has 152 valence electrons. The summed E-state index contributed by atoms with van der Waals surface area (Å²) in [6.45, 7) is -1.49. The first-order chi connectivity index (χ1) is 13.1. The molecule has 5 nitrogen and oxygen atoms in total. The molecule has 0 bridgehead atoms. The van der Waals surface area contributed by atoms with Gasteiger partial charge in [-0.05, 0) is 42.8 Å². The SMILES string of the molecule is COc1ccc(C(=O)NC(C)c2ccc(OC(F)(F)F)cc2)cc1OC(F)F. The molecule has 1 atom stereocenters. The van der Waals surface area contributed by atoms with Crippen LogP contribution in [0.3, 0.4) is 0 Å². The molecule has 0 spiro atoms. The quantitative estimate of drug-likeness (QED) is 0.680. The molecule has 2 aromatic carbocycles. The van der Waals surface area contributed by atoms with Crippen LogP contribution in [0.4, 0.5) is 22.0 Å². The molecule has 10 heteroatoms. The van der Waals surface area contributed by atoms with Gasteiger partial charge in [0.1, 0.15) is 5.75 Å². The zero-order valence-corrected chi connectivity index (χ0v) is 14.7. The number of ether oxygens (including phenoxy) is 3. The maximum atomic E-state index is 12.5. The molecular weight excluding hydrogens is 389 g/mol. The molecule has 1 N–H and O–H groups in total. The minimum atomic E-state index is -4.80. The molecular formula is C18H16F5NO4. The summed E-state index contributed by atoms with van der Waals surface area (Å²) >= 11 is 0. The Kier molecular flexibility index (Phi) is 6.66. The molecule has 0 heterocycles. The molecule has 0 aromatic heterocycles. The first-order valence-corrected chi connectivity index (χ1v) is 7.88. The first-order valence-electron chi connectivity index (χ1n) is 7.88. The van der Waals surface area contributed by atoms with Gasteiger partial charge in [0.25, 0.3) is 5.91 Å². The number of rotatable bonds is 7. The largest absolute Gasteiger partial charge is 0.573 e. The predicted octanol–water partition coefficient (Wildman–Crippen LogP) is 4.69. The van der Waals surface area contributed by atoms with Crippen molar-refractivity contribution in [3.8, 4) is 17.2 Å². The second-order valence-corrected chi connectivity index (χ2v) is 5.56. The van der Waals surface area contributed by atoms with Gasteiger partial charge in [0, 0.05) is 5.56 Å². The summed E-state index contributed by atoms with van der Waals surface area (Å²) in [4.78, 5) is 12.4. The third-order valence-corrected chi connectivity index (χ3v) is 3.60. The van der Waals surface area contributed by atoms with E-state index in [0.29, 0.717) is 5.56 Å². The lowest BCUT2D eigenvalue weighted by Crippen LogP contribution is -2.26. The van der Waals surface area contributed by atoms with Crippen molar-refractivity contribution >= 4 is 5.91 Å². The van der Waals surface area contributed by atoms with Crippen molar-refractivity contribution < 1.29 is 41.0 Å². The van der Waals surface area contributed by atoms with Crippen LogP contribution in [0.2, 0.25) is 0 Å². The number of methoxy groups -OCH3 is 1. The number of carbonyl (C=O) groups is 1. The number of carbonyl (C=O) groups excluding carboxylic acids is 1. The van der Waals surface area contributed by atoms with E-state index in [-0.39, 0.29) is 17.1 Å². The fraction of sp³-hybridized carbons (Fsp3) is 0.278. The van der Waals surface area contributed by atoms with E-state index in [0.717, 1.165) is 18.2 Å². The zero-order valence-electron chi connectivity index (χ0n) is 14.7. The number of benzene rings is 2. The number of nitrogens with one attached hydrogen (secondary N) is 1. The minimum Gasteiger partial charge on any atom is -0.493 e. The lowest BCUT2D eigenvalue weighted by Gasteiger charge is -2.16. The number of amides is 1. The average Bonchev–Trinajstić information content (AvgIpc) is 2.60. The molecule has 0 aliphatic heterocycles. The molecule has 0 fully saturated rings. The van der Waals surface area contributed by atoms with Crippen LogP contribution in [0.25, 0.3) is 0 Å². The maximum Gasteiger partial charge on any atom is 0.573 e. The van der Waals surface area contributed by atoms with E-state index in [9.17, 15) is 26.7 Å². The van der Waals surface area contributed by atoms with Crippen molar-refractivity contribution in [2.75, 3.05) is 7.11 Å². The fourth-order valence-electron chi connectivity index (χ4n) is 2.33. The Morgan fingerprint density at radius 2 is 1.68 bits per heavy atom. The minimum absolute atomic E-state index is 0.0325. The Morgan fingerprint density at radius 1 is 1.04 bits per heavy atom. The Labute approximate surface area is 157 Å². The van der Waals surface area contributed by atoms with Gasteiger partial charge in [-0.1, -0.05) is 12.1 Å². The van der Waals surface area contributed by atoms with E-state index in [1.807, 2.05) is 0 Å². The van der Waals surface area contributed by atoms with Crippen LogP contribution in [0.5, 0.6) is 17.2 Å². The smallest absolute Gasteiger partial charge is 0.493 e. The van der Waals surface area contributed by atoms with Crippen molar-refractivity contribution in [1.29, 1.82) is 0 Å². The molecule has 2 aromatic rings. The summed E-state index contributed by atoms with van der Waals surface area (Å²) in [5.74, 6) is -1.25. The highest BCUT2D eigenvalue weighted by Crippen LogP contribution is 2.30. The van der Waals surface area contributed by atoms with Crippen LogP contribution in [0.15, 0.2) is 42.5 Å². The lowest BCUT2D eigenvalue weighted by molar-refractivity contribution is -0.274. The molecule has 1 unspecified atom stereocenters. The highest BCUT2D eigenvalue weighted by molar-refractivity contribution is 5.95. The molecule has 1 amide bonds. The van der Waals surface area contributed by atoms with Gasteiger partial charge in [-0.2, -0.15) is 8.78 Å². The zero-order chi connectivity index (χ0) is 20.9. The van der Waals surface area contributed by atoms with E-state index >= 15 is 0 Å². The van der Waals surface area contributed by atoms with E-state index in [1.165, 1.54) is 31.4 Å². The molecule has 0 aliphatic carbocycles. The van der Waals surface area contributed by atoms with Crippen LogP contribution < -0.4 is 19.5 Å². The molecule has 0 saturated carbocycles. The molecule has 2 rings (SSSR count). The maximum absolute atomic E-state index is 12.5. The highest BCUT2D eigenvalue weighted by atomic mass is 19.4. The van der Waals surface area contributed by atoms with Crippen LogP contribution in [0.1, 0.15) is 28.9 Å². The number of hydrogen-bond acceptors (Lipinski definition) is 4. The Hall–Kier alpha value is -3.04. The van der Waals surface area contributed by atoms with Crippen molar-refractivity contribution in [1.82, 2.24) is 5.32 Å². The summed E-state index contributed by atoms with van der Waals surface area (Å²) < 4.78 is 74.5. The summed E-state index contributed by atoms with van der Waals surface area (Å²) in [7, 11) is 1.27. The van der Waals surface area contributed by atoms with Crippen molar-refractivity contribution in [2.45, 2.75) is 25.9 Å². The molecule has 0 aliphatic rings. The summed E-state index contributed by atoms with van der Waals surface area (Å²) in [6.07, 6.45) is -4.80. The highest BCUT2D eigenvalue weighted by Gasteiger charge is 2.31. The number of alkyl halides is 5. The molecule has 0 saturated heterocycles. The lowest BCUT2D eigenvalue weighted by atomic mass is 10.1. The second kappa shape index (κ2) is 8.77. The standard InChI is InChI=1S/C18H16F5NO4/c1-10(11-3-6-13(7-4-11)28-18(21,22)23)24-16(25)12-5-8-14(26-2)15(9-12)27-17(19)20/h3-10,17H,1-2H3,(H,24,25). The van der Waals surface area contributed by atoms with Crippen LogP contribution >= 0.6 is 0 Å². The van der Waals surface area contributed by atoms with Crippen molar-refractivity contribution in [3.05, 3.63) is 53.6 Å². The third kappa shape index (κ3) is 6.00. The third-order valence-electron chi connectivity index (χ3n) is 3.60. The van der Waals surface area contributed by atoms with Gasteiger partial charge in [0.15, 0.2) is 11.5 Å². The first kappa shape index (κ1) is 21.3. The van der Waals surface area contributed by atoms with E-state index in [2.05, 4.69) is 14.8 Å². The molecule has 28 heavy (non-hydrogen) atoms. The fourth-order valence-corrected chi connectivity index (χ4v) is 2.33. The number of halogens is 5. The van der Waals surface area contributed by atoms with E-state index in [1.54, 1.807) is 6.92 Å². The van der Waals surface area contributed by atoms with Gasteiger partial charge in [-0.3, -0.25) is 4.79 Å². The average molecular weight is 405 g/mol. The monoisotopic (exact) mass is 405 g/mol.